The summed E-state index contributed by atoms with van der Waals surface area (Å²) in [5, 5.41) is 2.26. The summed E-state index contributed by atoms with van der Waals surface area (Å²) in [4.78, 5) is 15.5. The maximum Gasteiger partial charge on any atom is 0.211 e. The van der Waals surface area contributed by atoms with Gasteiger partial charge in [-0.1, -0.05) is 13.8 Å². The maximum atomic E-state index is 9.31. The van der Waals surface area contributed by atoms with Gasteiger partial charge in [0.1, 0.15) is 17.7 Å². The molecule has 0 aromatic carbocycles. The fourth-order valence-electron chi connectivity index (χ4n) is 0.326. The lowest BCUT2D eigenvalue weighted by Gasteiger charge is -1.98. The minimum atomic E-state index is 0.446. The molecule has 0 unspecified atom stereocenters. The molecule has 2 N–H and O–H groups in total. The predicted molar refractivity (Wildman–Crippen MR) is 38.8 cm³/mol. The highest BCUT2D eigenvalue weighted by Gasteiger charge is 1.91. The van der Waals surface area contributed by atoms with Crippen LogP contribution in [0.1, 0.15) is 20.3 Å². The normalized spacial score (nSPS) is 7.55. The standard InChI is InChI=1S/C5H11NO2.H2N3/c1-5(2)3-4-8-6-7;1-3-2/h5H,3-4H2,1-2H3;1-2H/q;+1. The molecule has 0 atom stereocenters. The Labute approximate surface area is 64.9 Å². The van der Waals surface area contributed by atoms with Crippen molar-refractivity contribution >= 4 is 0 Å². The van der Waals surface area contributed by atoms with Gasteiger partial charge in [0.05, 0.1) is 0 Å². The van der Waals surface area contributed by atoms with Crippen LogP contribution < -0.4 is 4.91 Å². The van der Waals surface area contributed by atoms with Crippen LogP contribution in [-0.4, -0.2) is 6.61 Å². The molecule has 6 heteroatoms. The minimum absolute atomic E-state index is 0.446. The summed E-state index contributed by atoms with van der Waals surface area (Å²) in [7, 11) is 0. The van der Waals surface area contributed by atoms with Gasteiger partial charge in [-0.3, -0.25) is 0 Å². The molecule has 11 heavy (non-hydrogen) atoms. The molecule has 64 valence electrons. The lowest BCUT2D eigenvalue weighted by Crippen LogP contribution is -1.93. The van der Waals surface area contributed by atoms with Gasteiger partial charge in [0.2, 0.25) is 4.91 Å². The SMILES string of the molecule is CC(C)CCON=O.N=[N+]=N. The van der Waals surface area contributed by atoms with Gasteiger partial charge in [-0.25, -0.2) is 0 Å². The maximum absolute atomic E-state index is 9.31. The van der Waals surface area contributed by atoms with Crippen LogP contribution >= 0.6 is 0 Å². The van der Waals surface area contributed by atoms with Crippen molar-refractivity contribution in [3.05, 3.63) is 4.91 Å². The fraction of sp³-hybridized carbons (Fsp3) is 1.00. The van der Waals surface area contributed by atoms with Gasteiger partial charge < -0.3 is 4.84 Å². The topological polar surface area (TPSA) is 100 Å². The summed E-state index contributed by atoms with van der Waals surface area (Å²) >= 11 is 0. The van der Waals surface area contributed by atoms with Crippen molar-refractivity contribution in [3.63, 3.8) is 0 Å². The van der Waals surface area contributed by atoms with Crippen molar-refractivity contribution in [2.24, 2.45) is 11.3 Å². The van der Waals surface area contributed by atoms with E-state index >= 15 is 0 Å². The van der Waals surface area contributed by atoms with E-state index in [-0.39, 0.29) is 0 Å². The Morgan fingerprint density at radius 3 is 2.27 bits per heavy atom. The molecule has 0 amide bonds. The average Bonchev–Trinajstić information content (AvgIpc) is 1.89. The molecule has 0 aliphatic rings. The van der Waals surface area contributed by atoms with Crippen LogP contribution in [0.3, 0.4) is 0 Å². The molecule has 0 aromatic rings. The van der Waals surface area contributed by atoms with E-state index in [1.165, 1.54) is 0 Å². The second-order valence-corrected chi connectivity index (χ2v) is 2.20. The second-order valence-electron chi connectivity index (χ2n) is 2.20. The zero-order chi connectivity index (χ0) is 9.11. The Hall–Kier alpha value is -1.29. The molecule has 0 bridgehead atoms. The van der Waals surface area contributed by atoms with E-state index in [1.807, 2.05) is 4.91 Å². The number of hydrogen-bond acceptors (Lipinski definition) is 5. The third kappa shape index (κ3) is 28.5. The molecular formula is C5H13N4O2+. The number of nitrogens with one attached hydrogen (secondary N) is 2. The van der Waals surface area contributed by atoms with Gasteiger partial charge in [-0.05, 0) is 12.3 Å². The highest BCUT2D eigenvalue weighted by Crippen LogP contribution is 1.98. The first-order chi connectivity index (χ1) is 5.18. The lowest BCUT2D eigenvalue weighted by atomic mass is 10.1. The third-order valence-electron chi connectivity index (χ3n) is 0.839. The van der Waals surface area contributed by atoms with Crippen molar-refractivity contribution < 1.29 is 4.84 Å². The Morgan fingerprint density at radius 1 is 1.55 bits per heavy atom. The molecular weight excluding hydrogens is 148 g/mol. The van der Waals surface area contributed by atoms with Crippen molar-refractivity contribution in [1.29, 1.82) is 11.1 Å². The molecule has 0 heterocycles. The largest absolute Gasteiger partial charge is 0.364 e. The summed E-state index contributed by atoms with van der Waals surface area (Å²) in [5.41, 5.74) is 11.0. The first kappa shape index (κ1) is 12.4. The number of rotatable bonds is 4. The third-order valence-corrected chi connectivity index (χ3v) is 0.839. The van der Waals surface area contributed by atoms with E-state index in [4.69, 9.17) is 11.1 Å². The molecule has 0 fully saturated rings. The molecule has 0 aliphatic carbocycles. The van der Waals surface area contributed by atoms with Gasteiger partial charge in [0, 0.05) is 0 Å². The minimum Gasteiger partial charge on any atom is -0.364 e. The quantitative estimate of drug-likeness (QED) is 0.216. The highest BCUT2D eigenvalue weighted by molar-refractivity contribution is 4.40. The molecule has 6 nitrogen and oxygen atoms in total. The summed E-state index contributed by atoms with van der Waals surface area (Å²) in [6.07, 6.45) is 0.895. The molecule has 0 saturated heterocycles. The zero-order valence-electron chi connectivity index (χ0n) is 6.70. The van der Waals surface area contributed by atoms with Gasteiger partial charge in [-0.15, -0.1) is 4.91 Å². The van der Waals surface area contributed by atoms with Crippen LogP contribution in [0.25, 0.3) is 0 Å². The van der Waals surface area contributed by atoms with Gasteiger partial charge in [0.25, 0.3) is 0 Å². The molecule has 0 rings (SSSR count). The Bertz CT molecular complexity index is 120. The van der Waals surface area contributed by atoms with E-state index in [0.29, 0.717) is 12.5 Å². The van der Waals surface area contributed by atoms with E-state index in [2.05, 4.69) is 24.0 Å². The van der Waals surface area contributed by atoms with E-state index in [1.54, 1.807) is 0 Å². The van der Waals surface area contributed by atoms with Gasteiger partial charge in [0.15, 0.2) is 5.34 Å². The highest BCUT2D eigenvalue weighted by atomic mass is 16.7. The van der Waals surface area contributed by atoms with Crippen molar-refractivity contribution in [2.75, 3.05) is 6.61 Å². The van der Waals surface area contributed by atoms with Crippen LogP contribution in [0.5, 0.6) is 0 Å². The van der Waals surface area contributed by atoms with Crippen LogP contribution in [0, 0.1) is 21.9 Å². The molecule has 0 saturated carbocycles. The van der Waals surface area contributed by atoms with Gasteiger partial charge in [-0.2, -0.15) is 0 Å². The van der Waals surface area contributed by atoms with Crippen LogP contribution in [0.15, 0.2) is 5.34 Å². The van der Waals surface area contributed by atoms with Crippen molar-refractivity contribution in [2.45, 2.75) is 20.3 Å². The average molecular weight is 161 g/mol. The molecule has 0 radical (unpaired) electrons. The van der Waals surface area contributed by atoms with Crippen LogP contribution in [0.2, 0.25) is 0 Å². The predicted octanol–water partition coefficient (Wildman–Crippen LogP) is 1.85. The first-order valence-corrected chi connectivity index (χ1v) is 3.16. The summed E-state index contributed by atoms with van der Waals surface area (Å²) in [5.74, 6) is 0.580. The zero-order valence-corrected chi connectivity index (χ0v) is 6.70. The molecule has 0 spiro atoms. The summed E-state index contributed by atoms with van der Waals surface area (Å²) in [6.45, 7) is 4.57. The number of nitrogens with zero attached hydrogens (tertiary/aromatic N) is 2. The monoisotopic (exact) mass is 161 g/mol. The molecule has 0 aliphatic heterocycles. The van der Waals surface area contributed by atoms with Crippen molar-refractivity contribution in [1.82, 2.24) is 4.91 Å². The lowest BCUT2D eigenvalue weighted by molar-refractivity contribution is 0.128. The van der Waals surface area contributed by atoms with E-state index < -0.39 is 0 Å². The van der Waals surface area contributed by atoms with E-state index in [0.717, 1.165) is 6.42 Å². The van der Waals surface area contributed by atoms with Gasteiger partial charge >= 0.3 is 0 Å². The Balaban J connectivity index is 0. The van der Waals surface area contributed by atoms with Crippen LogP contribution in [0.4, 0.5) is 0 Å². The Morgan fingerprint density at radius 2 is 2.00 bits per heavy atom. The fourth-order valence-corrected chi connectivity index (χ4v) is 0.326. The Kier molecular flexibility index (Phi) is 13.0. The molecule has 0 aromatic heterocycles. The second kappa shape index (κ2) is 11.5. The van der Waals surface area contributed by atoms with E-state index in [9.17, 15) is 4.91 Å². The number of hydrogen-bond donors (Lipinski definition) is 2. The summed E-state index contributed by atoms with van der Waals surface area (Å²) in [6, 6.07) is 0. The first-order valence-electron chi connectivity index (χ1n) is 3.16. The van der Waals surface area contributed by atoms with Crippen LogP contribution in [-0.2, 0) is 4.84 Å². The summed E-state index contributed by atoms with van der Waals surface area (Å²) < 4.78 is 0. The smallest absolute Gasteiger partial charge is 0.211 e. The van der Waals surface area contributed by atoms with Crippen molar-refractivity contribution in [3.8, 4) is 0 Å².